The first kappa shape index (κ1) is 13.3. The number of pyridine rings is 1. The van der Waals surface area contributed by atoms with Crippen molar-refractivity contribution in [2.75, 3.05) is 19.8 Å². The smallest absolute Gasteiger partial charge is 0.272 e. The summed E-state index contributed by atoms with van der Waals surface area (Å²) in [5, 5.41) is 1.42. The van der Waals surface area contributed by atoms with Gasteiger partial charge in [-0.2, -0.15) is 0 Å². The standard InChI is InChI=1S/C15H15ClN2O2/c1-10-9-20-7-6-18(10)15(19)14-8-12(16)11-4-2-3-5-13(11)17-14/h2-5,8,10H,6-7,9H2,1H3/t10-/m1/s1. The van der Waals surface area contributed by atoms with Crippen molar-refractivity contribution >= 4 is 28.4 Å². The highest BCUT2D eigenvalue weighted by Gasteiger charge is 2.26. The molecule has 1 fully saturated rings. The molecule has 2 heterocycles. The minimum absolute atomic E-state index is 0.0586. The van der Waals surface area contributed by atoms with Crippen LogP contribution in [0.4, 0.5) is 0 Å². The van der Waals surface area contributed by atoms with E-state index in [1.54, 1.807) is 11.0 Å². The Morgan fingerprint density at radius 1 is 1.45 bits per heavy atom. The average molecular weight is 291 g/mol. The number of para-hydroxylation sites is 1. The van der Waals surface area contributed by atoms with E-state index in [9.17, 15) is 4.79 Å². The largest absolute Gasteiger partial charge is 0.377 e. The molecule has 1 aromatic carbocycles. The number of carbonyl (C=O) groups excluding carboxylic acids is 1. The summed E-state index contributed by atoms with van der Waals surface area (Å²) in [6.45, 7) is 3.69. The fraction of sp³-hybridized carbons (Fsp3) is 0.333. The zero-order valence-corrected chi connectivity index (χ0v) is 11.9. The molecular weight excluding hydrogens is 276 g/mol. The van der Waals surface area contributed by atoms with E-state index >= 15 is 0 Å². The lowest BCUT2D eigenvalue weighted by atomic mass is 10.1. The Labute approximate surface area is 122 Å². The first-order valence-corrected chi connectivity index (χ1v) is 6.98. The summed E-state index contributed by atoms with van der Waals surface area (Å²) >= 11 is 6.25. The topological polar surface area (TPSA) is 42.4 Å². The van der Waals surface area contributed by atoms with Crippen molar-refractivity contribution in [1.29, 1.82) is 0 Å². The van der Waals surface area contributed by atoms with E-state index in [1.807, 2.05) is 31.2 Å². The van der Waals surface area contributed by atoms with Gasteiger partial charge in [0, 0.05) is 11.9 Å². The van der Waals surface area contributed by atoms with Crippen molar-refractivity contribution in [2.24, 2.45) is 0 Å². The number of ether oxygens (including phenoxy) is 1. The van der Waals surface area contributed by atoms with E-state index in [2.05, 4.69) is 4.98 Å². The van der Waals surface area contributed by atoms with Gasteiger partial charge in [-0.05, 0) is 19.1 Å². The van der Waals surface area contributed by atoms with Gasteiger partial charge in [0.1, 0.15) is 5.69 Å². The summed E-state index contributed by atoms with van der Waals surface area (Å²) < 4.78 is 5.35. The quantitative estimate of drug-likeness (QED) is 0.811. The summed E-state index contributed by atoms with van der Waals surface area (Å²) in [4.78, 5) is 18.8. The van der Waals surface area contributed by atoms with Crippen molar-refractivity contribution in [1.82, 2.24) is 9.88 Å². The SMILES string of the molecule is C[C@@H]1COCCN1C(=O)c1cc(Cl)c2ccccc2n1. The molecule has 5 heteroatoms. The molecule has 0 unspecified atom stereocenters. The first-order chi connectivity index (χ1) is 9.66. The second-order valence-corrected chi connectivity index (χ2v) is 5.34. The predicted octanol–water partition coefficient (Wildman–Crippen LogP) is 2.75. The highest BCUT2D eigenvalue weighted by atomic mass is 35.5. The van der Waals surface area contributed by atoms with Gasteiger partial charge < -0.3 is 9.64 Å². The molecule has 1 saturated heterocycles. The molecular formula is C15H15ClN2O2. The van der Waals surface area contributed by atoms with Crippen LogP contribution in [-0.2, 0) is 4.74 Å². The Morgan fingerprint density at radius 3 is 3.05 bits per heavy atom. The molecule has 104 valence electrons. The molecule has 1 aliphatic heterocycles. The maximum atomic E-state index is 12.6. The molecule has 2 aromatic rings. The van der Waals surface area contributed by atoms with Crippen LogP contribution in [0.2, 0.25) is 5.02 Å². The second-order valence-electron chi connectivity index (χ2n) is 4.93. The minimum atomic E-state index is -0.0894. The molecule has 0 aliphatic carbocycles. The highest BCUT2D eigenvalue weighted by molar-refractivity contribution is 6.35. The van der Waals surface area contributed by atoms with Crippen LogP contribution in [0, 0.1) is 0 Å². The summed E-state index contributed by atoms with van der Waals surface area (Å²) in [5.41, 5.74) is 1.13. The van der Waals surface area contributed by atoms with Gasteiger partial charge in [-0.3, -0.25) is 4.79 Å². The molecule has 0 radical (unpaired) electrons. The number of amides is 1. The van der Waals surface area contributed by atoms with E-state index < -0.39 is 0 Å². The fourth-order valence-corrected chi connectivity index (χ4v) is 2.68. The third-order valence-electron chi connectivity index (χ3n) is 3.51. The third-order valence-corrected chi connectivity index (χ3v) is 3.83. The maximum absolute atomic E-state index is 12.6. The Hall–Kier alpha value is -1.65. The van der Waals surface area contributed by atoms with E-state index in [0.29, 0.717) is 30.5 Å². The minimum Gasteiger partial charge on any atom is -0.377 e. The van der Waals surface area contributed by atoms with E-state index in [4.69, 9.17) is 16.3 Å². The second kappa shape index (κ2) is 5.38. The number of hydrogen-bond acceptors (Lipinski definition) is 3. The molecule has 4 nitrogen and oxygen atoms in total. The summed E-state index contributed by atoms with van der Waals surface area (Å²) in [7, 11) is 0. The Kier molecular flexibility index (Phi) is 3.59. The van der Waals surface area contributed by atoms with Gasteiger partial charge in [-0.15, -0.1) is 0 Å². The van der Waals surface area contributed by atoms with Gasteiger partial charge in [0.2, 0.25) is 0 Å². The van der Waals surface area contributed by atoms with Crippen LogP contribution in [0.3, 0.4) is 0 Å². The van der Waals surface area contributed by atoms with Crippen LogP contribution in [0.15, 0.2) is 30.3 Å². The summed E-state index contributed by atoms with van der Waals surface area (Å²) in [6.07, 6.45) is 0. The molecule has 1 aromatic heterocycles. The van der Waals surface area contributed by atoms with E-state index in [0.717, 1.165) is 10.9 Å². The monoisotopic (exact) mass is 290 g/mol. The number of hydrogen-bond donors (Lipinski definition) is 0. The highest BCUT2D eigenvalue weighted by Crippen LogP contribution is 2.24. The number of morpholine rings is 1. The first-order valence-electron chi connectivity index (χ1n) is 6.61. The number of carbonyl (C=O) groups is 1. The molecule has 0 N–H and O–H groups in total. The zero-order chi connectivity index (χ0) is 14.1. The Balaban J connectivity index is 1.99. The van der Waals surface area contributed by atoms with Gasteiger partial charge in [0.05, 0.1) is 29.8 Å². The van der Waals surface area contributed by atoms with Gasteiger partial charge in [0.15, 0.2) is 0 Å². The summed E-state index contributed by atoms with van der Waals surface area (Å²) in [5.74, 6) is -0.0894. The zero-order valence-electron chi connectivity index (χ0n) is 11.2. The van der Waals surface area contributed by atoms with Gasteiger partial charge in [0.25, 0.3) is 5.91 Å². The molecule has 0 bridgehead atoms. The molecule has 1 aliphatic rings. The number of fused-ring (bicyclic) bond motifs is 1. The van der Waals surface area contributed by atoms with Crippen LogP contribution < -0.4 is 0 Å². The number of nitrogens with zero attached hydrogens (tertiary/aromatic N) is 2. The van der Waals surface area contributed by atoms with E-state index in [1.165, 1.54) is 0 Å². The van der Waals surface area contributed by atoms with Gasteiger partial charge in [-0.25, -0.2) is 4.98 Å². The van der Waals surface area contributed by atoms with Crippen LogP contribution in [0.25, 0.3) is 10.9 Å². The van der Waals surface area contributed by atoms with Crippen molar-refractivity contribution in [2.45, 2.75) is 13.0 Å². The Morgan fingerprint density at radius 2 is 2.25 bits per heavy atom. The molecule has 1 amide bonds. The summed E-state index contributed by atoms with van der Waals surface area (Å²) in [6, 6.07) is 9.26. The van der Waals surface area contributed by atoms with Crippen molar-refractivity contribution in [3.05, 3.63) is 41.0 Å². The lowest BCUT2D eigenvalue weighted by Gasteiger charge is -2.33. The van der Waals surface area contributed by atoms with Gasteiger partial charge >= 0.3 is 0 Å². The number of halogens is 1. The predicted molar refractivity (Wildman–Crippen MR) is 78.1 cm³/mol. The Bertz CT molecular complexity index is 659. The van der Waals surface area contributed by atoms with Crippen molar-refractivity contribution in [3.63, 3.8) is 0 Å². The molecule has 0 saturated carbocycles. The maximum Gasteiger partial charge on any atom is 0.272 e. The fourth-order valence-electron chi connectivity index (χ4n) is 2.42. The van der Waals surface area contributed by atoms with Crippen molar-refractivity contribution in [3.8, 4) is 0 Å². The van der Waals surface area contributed by atoms with Crippen LogP contribution in [0.5, 0.6) is 0 Å². The normalized spacial score (nSPS) is 19.3. The molecule has 20 heavy (non-hydrogen) atoms. The number of benzene rings is 1. The lowest BCUT2D eigenvalue weighted by Crippen LogP contribution is -2.47. The lowest BCUT2D eigenvalue weighted by molar-refractivity contribution is 0.00329. The molecule has 1 atom stereocenters. The van der Waals surface area contributed by atoms with Crippen LogP contribution in [0.1, 0.15) is 17.4 Å². The number of rotatable bonds is 1. The van der Waals surface area contributed by atoms with Gasteiger partial charge in [-0.1, -0.05) is 29.8 Å². The van der Waals surface area contributed by atoms with Crippen molar-refractivity contribution < 1.29 is 9.53 Å². The van der Waals surface area contributed by atoms with Crippen LogP contribution in [-0.4, -0.2) is 41.6 Å². The van der Waals surface area contributed by atoms with E-state index in [-0.39, 0.29) is 11.9 Å². The number of aromatic nitrogens is 1. The molecule has 0 spiro atoms. The van der Waals surface area contributed by atoms with Crippen LogP contribution >= 0.6 is 11.6 Å². The molecule has 3 rings (SSSR count). The third kappa shape index (κ3) is 2.37. The average Bonchev–Trinajstić information content (AvgIpc) is 2.47.